The van der Waals surface area contributed by atoms with Crippen molar-refractivity contribution in [2.75, 3.05) is 5.73 Å². The smallest absolute Gasteiger partial charge is 0.182 e. The Morgan fingerprint density at radius 1 is 1.30 bits per heavy atom. The fraction of sp³-hybridized carbons (Fsp3) is 0.133. The molecule has 4 nitrogen and oxygen atoms in total. The zero-order chi connectivity index (χ0) is 14.3. The second-order valence-electron chi connectivity index (χ2n) is 4.69. The van der Waals surface area contributed by atoms with Gasteiger partial charge in [-0.2, -0.15) is 0 Å². The molecule has 0 saturated carbocycles. The molecule has 0 bridgehead atoms. The molecule has 2 heterocycles. The molecule has 2 aromatic heterocycles. The van der Waals surface area contributed by atoms with Gasteiger partial charge in [-0.1, -0.05) is 23.5 Å². The van der Waals surface area contributed by atoms with Crippen LogP contribution in [0, 0.1) is 6.92 Å². The van der Waals surface area contributed by atoms with Crippen LogP contribution in [0.2, 0.25) is 0 Å². The summed E-state index contributed by atoms with van der Waals surface area (Å²) in [6.07, 6.45) is 1.80. The maximum absolute atomic E-state index is 11.5. The summed E-state index contributed by atoms with van der Waals surface area (Å²) in [6.45, 7) is 3.58. The van der Waals surface area contributed by atoms with Crippen LogP contribution in [0.4, 0.5) is 5.13 Å². The van der Waals surface area contributed by atoms with Gasteiger partial charge in [0.1, 0.15) is 10.3 Å². The molecule has 0 aliphatic rings. The van der Waals surface area contributed by atoms with Crippen LogP contribution >= 0.6 is 11.3 Å². The molecule has 3 rings (SSSR count). The number of carbonyl (C=O) groups excluding carboxylic acids is 1. The number of aryl methyl sites for hydroxylation is 1. The molecule has 0 unspecified atom stereocenters. The number of ketones is 1. The molecule has 0 atom stereocenters. The third-order valence-electron chi connectivity index (χ3n) is 3.22. The van der Waals surface area contributed by atoms with E-state index in [2.05, 4.69) is 9.97 Å². The number of benzene rings is 1. The lowest BCUT2D eigenvalue weighted by Gasteiger charge is -2.07. The Morgan fingerprint density at radius 2 is 2.10 bits per heavy atom. The van der Waals surface area contributed by atoms with Gasteiger partial charge in [0.2, 0.25) is 0 Å². The quantitative estimate of drug-likeness (QED) is 0.731. The first-order valence-electron chi connectivity index (χ1n) is 6.18. The number of rotatable bonds is 2. The van der Waals surface area contributed by atoms with Crippen molar-refractivity contribution in [3.63, 3.8) is 0 Å². The Balaban J connectivity index is 2.18. The topological polar surface area (TPSA) is 68.9 Å². The molecule has 5 heteroatoms. The molecular weight excluding hydrogens is 270 g/mol. The van der Waals surface area contributed by atoms with E-state index in [1.807, 2.05) is 31.2 Å². The summed E-state index contributed by atoms with van der Waals surface area (Å²) >= 11 is 1.37. The Kier molecular flexibility index (Phi) is 2.99. The summed E-state index contributed by atoms with van der Waals surface area (Å²) in [7, 11) is 0. The van der Waals surface area contributed by atoms with Crippen molar-refractivity contribution in [1.29, 1.82) is 0 Å². The molecule has 0 fully saturated rings. The Bertz CT molecular complexity index is 823. The van der Waals surface area contributed by atoms with Crippen LogP contribution in [0.1, 0.15) is 22.8 Å². The highest BCUT2D eigenvalue weighted by Gasteiger charge is 2.09. The van der Waals surface area contributed by atoms with E-state index in [0.29, 0.717) is 10.7 Å². The molecule has 100 valence electrons. The summed E-state index contributed by atoms with van der Waals surface area (Å²) in [5.41, 5.74) is 10.2. The fourth-order valence-corrected chi connectivity index (χ4v) is 2.80. The molecule has 0 spiro atoms. The highest BCUT2D eigenvalue weighted by molar-refractivity contribution is 7.21. The van der Waals surface area contributed by atoms with Crippen molar-refractivity contribution in [3.8, 4) is 11.1 Å². The van der Waals surface area contributed by atoms with Crippen LogP contribution in [-0.2, 0) is 0 Å². The molecule has 0 saturated heterocycles. The van der Waals surface area contributed by atoms with Crippen molar-refractivity contribution in [2.45, 2.75) is 13.8 Å². The molecule has 2 N–H and O–H groups in total. The minimum absolute atomic E-state index is 0.0539. The lowest BCUT2D eigenvalue weighted by atomic mass is 9.98. The normalized spacial score (nSPS) is 10.9. The standard InChI is InChI=1S/C15H13N3OS/c1-8-3-4-10(9(2)19)5-12(8)11-6-13-14(17-7-11)20-15(16)18-13/h3-7H,1-2H3,(H2,16,18). The fourth-order valence-electron chi connectivity index (χ4n) is 2.14. The third-order valence-corrected chi connectivity index (χ3v) is 4.03. The van der Waals surface area contributed by atoms with E-state index in [1.54, 1.807) is 13.1 Å². The molecule has 0 aliphatic carbocycles. The molecule has 0 amide bonds. The summed E-state index contributed by atoms with van der Waals surface area (Å²) in [5, 5.41) is 0.513. The second kappa shape index (κ2) is 4.68. The molecule has 1 aromatic carbocycles. The van der Waals surface area contributed by atoms with Gasteiger partial charge in [-0.25, -0.2) is 9.97 Å². The Labute approximate surface area is 120 Å². The van der Waals surface area contributed by atoms with Gasteiger partial charge in [0.25, 0.3) is 0 Å². The first-order chi connectivity index (χ1) is 9.54. The highest BCUT2D eigenvalue weighted by atomic mass is 32.1. The average Bonchev–Trinajstić information content (AvgIpc) is 2.78. The number of carbonyl (C=O) groups is 1. The van der Waals surface area contributed by atoms with Gasteiger partial charge in [0, 0.05) is 17.3 Å². The molecule has 0 radical (unpaired) electrons. The number of nitrogens with two attached hydrogens (primary N) is 1. The van der Waals surface area contributed by atoms with Gasteiger partial charge in [-0.3, -0.25) is 4.79 Å². The van der Waals surface area contributed by atoms with E-state index in [1.165, 1.54) is 11.3 Å². The van der Waals surface area contributed by atoms with Crippen LogP contribution in [0.15, 0.2) is 30.5 Å². The maximum Gasteiger partial charge on any atom is 0.182 e. The number of pyridine rings is 1. The maximum atomic E-state index is 11.5. The second-order valence-corrected chi connectivity index (χ2v) is 5.70. The number of hydrogen-bond acceptors (Lipinski definition) is 5. The number of anilines is 1. The Morgan fingerprint density at radius 3 is 2.85 bits per heavy atom. The van der Waals surface area contributed by atoms with Crippen molar-refractivity contribution < 1.29 is 4.79 Å². The number of nitrogen functional groups attached to an aromatic ring is 1. The van der Waals surface area contributed by atoms with Crippen LogP contribution in [-0.4, -0.2) is 15.8 Å². The van der Waals surface area contributed by atoms with Gasteiger partial charge in [-0.15, -0.1) is 0 Å². The number of thiazole rings is 1. The first kappa shape index (κ1) is 12.7. The van der Waals surface area contributed by atoms with E-state index < -0.39 is 0 Å². The third kappa shape index (κ3) is 2.16. The lowest BCUT2D eigenvalue weighted by molar-refractivity contribution is 0.101. The highest BCUT2D eigenvalue weighted by Crippen LogP contribution is 2.29. The van der Waals surface area contributed by atoms with E-state index in [9.17, 15) is 4.79 Å². The summed E-state index contributed by atoms with van der Waals surface area (Å²) in [5.74, 6) is 0.0539. The SMILES string of the molecule is CC(=O)c1ccc(C)c(-c2cnc3sc(N)nc3c2)c1. The summed E-state index contributed by atoms with van der Waals surface area (Å²) in [4.78, 5) is 21.0. The van der Waals surface area contributed by atoms with E-state index in [0.717, 1.165) is 27.0 Å². The first-order valence-corrected chi connectivity index (χ1v) is 7.00. The van der Waals surface area contributed by atoms with Gasteiger partial charge in [0.15, 0.2) is 10.9 Å². The van der Waals surface area contributed by atoms with Crippen molar-refractivity contribution >= 4 is 32.6 Å². The number of Topliss-reactive ketones (excluding diaryl/α,β-unsaturated/α-hetero) is 1. The minimum Gasteiger partial charge on any atom is -0.375 e. The summed E-state index contributed by atoms with van der Waals surface area (Å²) < 4.78 is 0. The molecule has 0 aliphatic heterocycles. The number of aromatic nitrogens is 2. The average molecular weight is 283 g/mol. The van der Waals surface area contributed by atoms with Crippen LogP contribution < -0.4 is 5.73 Å². The number of hydrogen-bond donors (Lipinski definition) is 1. The number of fused-ring (bicyclic) bond motifs is 1. The minimum atomic E-state index is 0.0539. The van der Waals surface area contributed by atoms with Crippen molar-refractivity contribution in [1.82, 2.24) is 9.97 Å². The predicted molar refractivity (Wildman–Crippen MR) is 82.0 cm³/mol. The molecular formula is C15H13N3OS. The van der Waals surface area contributed by atoms with Crippen molar-refractivity contribution in [2.24, 2.45) is 0 Å². The van der Waals surface area contributed by atoms with Gasteiger partial charge in [0.05, 0.1) is 0 Å². The molecule has 3 aromatic rings. The Hall–Kier alpha value is -2.27. The zero-order valence-electron chi connectivity index (χ0n) is 11.2. The largest absolute Gasteiger partial charge is 0.375 e. The van der Waals surface area contributed by atoms with E-state index >= 15 is 0 Å². The van der Waals surface area contributed by atoms with Crippen LogP contribution in [0.3, 0.4) is 0 Å². The van der Waals surface area contributed by atoms with Gasteiger partial charge < -0.3 is 5.73 Å². The number of nitrogens with zero attached hydrogens (tertiary/aromatic N) is 2. The van der Waals surface area contributed by atoms with E-state index in [4.69, 9.17) is 5.73 Å². The monoisotopic (exact) mass is 283 g/mol. The van der Waals surface area contributed by atoms with E-state index in [-0.39, 0.29) is 5.78 Å². The molecule has 20 heavy (non-hydrogen) atoms. The lowest BCUT2D eigenvalue weighted by Crippen LogP contribution is -1.94. The zero-order valence-corrected chi connectivity index (χ0v) is 12.0. The van der Waals surface area contributed by atoms with Crippen LogP contribution in [0.25, 0.3) is 21.5 Å². The van der Waals surface area contributed by atoms with Gasteiger partial charge >= 0.3 is 0 Å². The predicted octanol–water partition coefficient (Wildman–Crippen LogP) is 3.45. The summed E-state index contributed by atoms with van der Waals surface area (Å²) in [6, 6.07) is 7.65. The van der Waals surface area contributed by atoms with Gasteiger partial charge in [-0.05, 0) is 37.1 Å². The van der Waals surface area contributed by atoms with Crippen LogP contribution in [0.5, 0.6) is 0 Å². The van der Waals surface area contributed by atoms with Crippen molar-refractivity contribution in [3.05, 3.63) is 41.6 Å².